The van der Waals surface area contributed by atoms with Crippen molar-refractivity contribution in [1.82, 2.24) is 4.57 Å². The lowest BCUT2D eigenvalue weighted by Crippen LogP contribution is -2.00. The highest BCUT2D eigenvalue weighted by molar-refractivity contribution is 5.31. The predicted molar refractivity (Wildman–Crippen MR) is 68.8 cm³/mol. The number of aryl methyl sites for hydroxylation is 1. The fraction of sp³-hybridized carbons (Fsp3) is 0.333. The van der Waals surface area contributed by atoms with E-state index in [1.54, 1.807) is 0 Å². The Bertz CT molecular complexity index is 466. The van der Waals surface area contributed by atoms with Gasteiger partial charge in [-0.3, -0.25) is 0 Å². The maximum atomic E-state index is 2.35. The summed E-state index contributed by atoms with van der Waals surface area (Å²) < 4.78 is 2.35. The molecule has 0 N–H and O–H groups in total. The number of benzene rings is 1. The van der Waals surface area contributed by atoms with Gasteiger partial charge in [0.05, 0.1) is 0 Å². The van der Waals surface area contributed by atoms with Crippen LogP contribution in [0.5, 0.6) is 0 Å². The average molecular weight is 213 g/mol. The van der Waals surface area contributed by atoms with Gasteiger partial charge in [-0.25, -0.2) is 0 Å². The molecule has 0 unspecified atom stereocenters. The molecule has 0 radical (unpaired) electrons. The van der Waals surface area contributed by atoms with E-state index in [0.717, 1.165) is 13.0 Å². The Labute approximate surface area is 97.7 Å². The van der Waals surface area contributed by atoms with Gasteiger partial charge in [0.2, 0.25) is 0 Å². The van der Waals surface area contributed by atoms with E-state index in [-0.39, 0.29) is 0 Å². The number of hydrogen-bond acceptors (Lipinski definition) is 0. The van der Waals surface area contributed by atoms with Gasteiger partial charge in [-0.05, 0) is 37.0 Å². The highest BCUT2D eigenvalue weighted by atomic mass is 15.0. The van der Waals surface area contributed by atoms with Crippen molar-refractivity contribution < 1.29 is 0 Å². The van der Waals surface area contributed by atoms with Crippen molar-refractivity contribution in [3.63, 3.8) is 0 Å². The van der Waals surface area contributed by atoms with Gasteiger partial charge in [-0.2, -0.15) is 0 Å². The lowest BCUT2D eigenvalue weighted by Gasteiger charge is -2.07. The van der Waals surface area contributed by atoms with Gasteiger partial charge in [-0.1, -0.05) is 37.3 Å². The molecule has 1 aromatic carbocycles. The Kier molecular flexibility index (Phi) is 3.14. The largest absolute Gasteiger partial charge is 0.347 e. The molecule has 0 saturated carbocycles. The van der Waals surface area contributed by atoms with Gasteiger partial charge in [0, 0.05) is 18.4 Å². The standard InChI is InChI=1S/C15H19N/c1-4-15-12(2)10-16(13(15)3)11-14-8-6-5-7-9-14/h5-10H,4,11H2,1-3H3. The Morgan fingerprint density at radius 3 is 2.31 bits per heavy atom. The summed E-state index contributed by atoms with van der Waals surface area (Å²) in [6.07, 6.45) is 3.39. The summed E-state index contributed by atoms with van der Waals surface area (Å²) in [5.41, 5.74) is 5.68. The molecule has 84 valence electrons. The SMILES string of the molecule is CCc1c(C)cn(Cc2ccccc2)c1C. The number of hydrogen-bond donors (Lipinski definition) is 0. The molecule has 0 aliphatic heterocycles. The second kappa shape index (κ2) is 4.56. The van der Waals surface area contributed by atoms with Gasteiger partial charge < -0.3 is 4.57 Å². The first kappa shape index (κ1) is 11.0. The Morgan fingerprint density at radius 2 is 1.75 bits per heavy atom. The van der Waals surface area contributed by atoms with Crippen molar-refractivity contribution in [2.45, 2.75) is 33.7 Å². The summed E-state index contributed by atoms with van der Waals surface area (Å²) in [6.45, 7) is 7.62. The molecule has 16 heavy (non-hydrogen) atoms. The molecular formula is C15H19N. The van der Waals surface area contributed by atoms with Crippen molar-refractivity contribution >= 4 is 0 Å². The van der Waals surface area contributed by atoms with Crippen molar-refractivity contribution in [3.8, 4) is 0 Å². The highest BCUT2D eigenvalue weighted by Gasteiger charge is 2.07. The van der Waals surface area contributed by atoms with E-state index in [4.69, 9.17) is 0 Å². The zero-order valence-corrected chi connectivity index (χ0v) is 10.3. The molecule has 2 aromatic rings. The third-order valence-corrected chi connectivity index (χ3v) is 3.24. The predicted octanol–water partition coefficient (Wildman–Crippen LogP) is 3.72. The molecular weight excluding hydrogens is 194 g/mol. The highest BCUT2D eigenvalue weighted by Crippen LogP contribution is 2.18. The molecule has 0 amide bonds. The van der Waals surface area contributed by atoms with Gasteiger partial charge in [-0.15, -0.1) is 0 Å². The molecule has 2 rings (SSSR count). The summed E-state index contributed by atoms with van der Waals surface area (Å²) in [5.74, 6) is 0. The van der Waals surface area contributed by atoms with Gasteiger partial charge >= 0.3 is 0 Å². The van der Waals surface area contributed by atoms with E-state index in [1.807, 2.05) is 0 Å². The lowest BCUT2D eigenvalue weighted by molar-refractivity contribution is 0.770. The van der Waals surface area contributed by atoms with Crippen LogP contribution in [-0.4, -0.2) is 4.57 Å². The van der Waals surface area contributed by atoms with Crippen molar-refractivity contribution in [2.75, 3.05) is 0 Å². The summed E-state index contributed by atoms with van der Waals surface area (Å²) in [4.78, 5) is 0. The second-order valence-corrected chi connectivity index (χ2v) is 4.34. The number of rotatable bonds is 3. The molecule has 0 aliphatic rings. The van der Waals surface area contributed by atoms with Gasteiger partial charge in [0.25, 0.3) is 0 Å². The molecule has 0 saturated heterocycles. The van der Waals surface area contributed by atoms with E-state index in [0.29, 0.717) is 0 Å². The van der Waals surface area contributed by atoms with Crippen LogP contribution in [0.4, 0.5) is 0 Å². The summed E-state index contributed by atoms with van der Waals surface area (Å²) in [6, 6.07) is 10.6. The Hall–Kier alpha value is -1.50. The summed E-state index contributed by atoms with van der Waals surface area (Å²) in [7, 11) is 0. The van der Waals surface area contributed by atoms with Crippen LogP contribution in [0.25, 0.3) is 0 Å². The maximum Gasteiger partial charge on any atom is 0.0472 e. The molecule has 0 atom stereocenters. The number of aromatic nitrogens is 1. The Morgan fingerprint density at radius 1 is 1.06 bits per heavy atom. The summed E-state index contributed by atoms with van der Waals surface area (Å²) in [5, 5.41) is 0. The quantitative estimate of drug-likeness (QED) is 0.732. The Balaban J connectivity index is 2.29. The second-order valence-electron chi connectivity index (χ2n) is 4.34. The van der Waals surface area contributed by atoms with Gasteiger partial charge in [0.1, 0.15) is 0 Å². The minimum Gasteiger partial charge on any atom is -0.347 e. The maximum absolute atomic E-state index is 2.35. The van der Waals surface area contributed by atoms with Crippen molar-refractivity contribution in [1.29, 1.82) is 0 Å². The lowest BCUT2D eigenvalue weighted by atomic mass is 10.1. The molecule has 1 heterocycles. The summed E-state index contributed by atoms with van der Waals surface area (Å²) >= 11 is 0. The van der Waals surface area contributed by atoms with E-state index in [9.17, 15) is 0 Å². The van der Waals surface area contributed by atoms with Crippen LogP contribution >= 0.6 is 0 Å². The van der Waals surface area contributed by atoms with Crippen molar-refractivity contribution in [2.24, 2.45) is 0 Å². The molecule has 1 aromatic heterocycles. The van der Waals surface area contributed by atoms with Crippen LogP contribution in [0.1, 0.15) is 29.3 Å². The van der Waals surface area contributed by atoms with Crippen LogP contribution in [0, 0.1) is 13.8 Å². The third-order valence-electron chi connectivity index (χ3n) is 3.24. The fourth-order valence-corrected chi connectivity index (χ4v) is 2.35. The average Bonchev–Trinajstić information content (AvgIpc) is 2.55. The van der Waals surface area contributed by atoms with E-state index in [1.165, 1.54) is 22.4 Å². The van der Waals surface area contributed by atoms with Crippen LogP contribution < -0.4 is 0 Å². The zero-order chi connectivity index (χ0) is 11.5. The first-order chi connectivity index (χ1) is 7.72. The van der Waals surface area contributed by atoms with Crippen LogP contribution in [0.2, 0.25) is 0 Å². The normalized spacial score (nSPS) is 10.7. The molecule has 0 bridgehead atoms. The van der Waals surface area contributed by atoms with Crippen molar-refractivity contribution in [3.05, 3.63) is 58.9 Å². The topological polar surface area (TPSA) is 4.93 Å². The molecule has 1 heteroatoms. The van der Waals surface area contributed by atoms with E-state index in [2.05, 4.69) is 61.9 Å². The van der Waals surface area contributed by atoms with Gasteiger partial charge in [0.15, 0.2) is 0 Å². The van der Waals surface area contributed by atoms with E-state index >= 15 is 0 Å². The first-order valence-electron chi connectivity index (χ1n) is 5.91. The number of nitrogens with zero attached hydrogens (tertiary/aromatic N) is 1. The minimum atomic E-state index is 0.980. The monoisotopic (exact) mass is 213 g/mol. The first-order valence-corrected chi connectivity index (χ1v) is 5.91. The molecule has 0 aliphatic carbocycles. The zero-order valence-electron chi connectivity index (χ0n) is 10.3. The molecule has 1 nitrogen and oxygen atoms in total. The fourth-order valence-electron chi connectivity index (χ4n) is 2.35. The molecule has 0 spiro atoms. The third kappa shape index (κ3) is 2.04. The smallest absolute Gasteiger partial charge is 0.0472 e. The van der Waals surface area contributed by atoms with Crippen LogP contribution in [0.15, 0.2) is 36.5 Å². The van der Waals surface area contributed by atoms with Crippen LogP contribution in [0.3, 0.4) is 0 Å². The van der Waals surface area contributed by atoms with Crippen LogP contribution in [-0.2, 0) is 13.0 Å². The molecule has 0 fully saturated rings. The van der Waals surface area contributed by atoms with E-state index < -0.39 is 0 Å². The minimum absolute atomic E-state index is 0.980.